The third-order valence-corrected chi connectivity index (χ3v) is 6.75. The lowest BCUT2D eigenvalue weighted by Gasteiger charge is -2.47. The van der Waals surface area contributed by atoms with Crippen LogP contribution in [0.25, 0.3) is 0 Å². The lowest BCUT2D eigenvalue weighted by atomic mass is 9.83. The number of amides is 1. The van der Waals surface area contributed by atoms with Crippen LogP contribution in [0.15, 0.2) is 48.5 Å². The lowest BCUT2D eigenvalue weighted by Crippen LogP contribution is -2.56. The number of likely N-dealkylation sites (tertiary alicyclic amines) is 2. The van der Waals surface area contributed by atoms with E-state index < -0.39 is 0 Å². The van der Waals surface area contributed by atoms with Crippen LogP contribution in [0.1, 0.15) is 30.4 Å². The molecule has 2 atom stereocenters. The summed E-state index contributed by atoms with van der Waals surface area (Å²) in [4.78, 5) is 17.3. The Morgan fingerprint density at radius 1 is 1.10 bits per heavy atom. The fraction of sp³-hybridized carbons (Fsp3) is 0.458. The molecule has 4 nitrogen and oxygen atoms in total. The molecule has 2 aromatic carbocycles. The summed E-state index contributed by atoms with van der Waals surface area (Å²) in [6.45, 7) is 3.75. The fourth-order valence-electron chi connectivity index (χ4n) is 4.77. The molecule has 0 unspecified atom stereocenters. The molecule has 0 aliphatic carbocycles. The number of benzene rings is 2. The molecule has 154 valence electrons. The Balaban J connectivity index is 1.36. The maximum atomic E-state index is 12.7. The second-order valence-electron chi connectivity index (χ2n) is 8.17. The minimum Gasteiger partial charge on any atom is -0.497 e. The summed E-state index contributed by atoms with van der Waals surface area (Å²) in [5.41, 5.74) is 2.44. The summed E-state index contributed by atoms with van der Waals surface area (Å²) in [7, 11) is 1.68. The molecule has 0 saturated carbocycles. The number of carbonyl (C=O) groups excluding carboxylic acids is 1. The number of carbonyl (C=O) groups is 1. The first-order chi connectivity index (χ1) is 14.1. The monoisotopic (exact) mass is 412 g/mol. The highest BCUT2D eigenvalue weighted by molar-refractivity contribution is 6.31. The van der Waals surface area contributed by atoms with Gasteiger partial charge in [-0.1, -0.05) is 41.9 Å². The van der Waals surface area contributed by atoms with E-state index in [-0.39, 0.29) is 0 Å². The number of methoxy groups -OCH3 is 1. The molecule has 0 N–H and O–H groups in total. The van der Waals surface area contributed by atoms with Crippen LogP contribution >= 0.6 is 11.6 Å². The van der Waals surface area contributed by atoms with Crippen molar-refractivity contribution in [2.75, 3.05) is 26.7 Å². The zero-order valence-corrected chi connectivity index (χ0v) is 17.8. The lowest BCUT2D eigenvalue weighted by molar-refractivity contribution is -0.141. The Morgan fingerprint density at radius 2 is 1.90 bits per heavy atom. The third-order valence-electron chi connectivity index (χ3n) is 6.38. The highest BCUT2D eigenvalue weighted by Crippen LogP contribution is 2.32. The van der Waals surface area contributed by atoms with Gasteiger partial charge in [0.25, 0.3) is 0 Å². The molecule has 0 aromatic heterocycles. The summed E-state index contributed by atoms with van der Waals surface area (Å²) >= 11 is 6.35. The first kappa shape index (κ1) is 20.2. The summed E-state index contributed by atoms with van der Waals surface area (Å²) < 4.78 is 5.23. The summed E-state index contributed by atoms with van der Waals surface area (Å²) in [5.74, 6) is 1.74. The van der Waals surface area contributed by atoms with Crippen LogP contribution in [0.4, 0.5) is 0 Å². The van der Waals surface area contributed by atoms with E-state index >= 15 is 0 Å². The molecule has 2 saturated heterocycles. The average molecular weight is 413 g/mol. The van der Waals surface area contributed by atoms with E-state index in [0.717, 1.165) is 56.2 Å². The van der Waals surface area contributed by atoms with Crippen molar-refractivity contribution < 1.29 is 9.53 Å². The minimum absolute atomic E-state index is 0.319. The van der Waals surface area contributed by atoms with Gasteiger partial charge in [0, 0.05) is 43.7 Å². The molecule has 2 aliphatic rings. The van der Waals surface area contributed by atoms with E-state index in [4.69, 9.17) is 16.3 Å². The van der Waals surface area contributed by atoms with Gasteiger partial charge in [0.2, 0.25) is 5.91 Å². The fourth-order valence-corrected chi connectivity index (χ4v) is 4.97. The van der Waals surface area contributed by atoms with Crippen molar-refractivity contribution in [3.8, 4) is 5.75 Å². The second kappa shape index (κ2) is 9.19. The molecule has 0 spiro atoms. The number of halogens is 1. The van der Waals surface area contributed by atoms with Gasteiger partial charge in [-0.25, -0.2) is 0 Å². The third kappa shape index (κ3) is 4.76. The number of rotatable bonds is 6. The van der Waals surface area contributed by atoms with Gasteiger partial charge in [-0.05, 0) is 54.5 Å². The highest BCUT2D eigenvalue weighted by Gasteiger charge is 2.38. The van der Waals surface area contributed by atoms with Crippen LogP contribution < -0.4 is 4.74 Å². The molecule has 0 bridgehead atoms. The zero-order valence-electron chi connectivity index (χ0n) is 17.0. The second-order valence-corrected chi connectivity index (χ2v) is 8.57. The van der Waals surface area contributed by atoms with Crippen LogP contribution in [0.5, 0.6) is 5.75 Å². The number of hydrogen-bond acceptors (Lipinski definition) is 3. The molecule has 29 heavy (non-hydrogen) atoms. The van der Waals surface area contributed by atoms with E-state index in [1.807, 2.05) is 30.3 Å². The van der Waals surface area contributed by atoms with Crippen LogP contribution in [0.2, 0.25) is 5.02 Å². The Bertz CT molecular complexity index is 839. The van der Waals surface area contributed by atoms with Gasteiger partial charge < -0.3 is 9.64 Å². The van der Waals surface area contributed by atoms with Gasteiger partial charge in [0.05, 0.1) is 7.11 Å². The standard InChI is InChI=1S/C24H29ClN2O2/c1-29-21-9-6-18(7-10-21)12-15-27-23-13-14-26(17-20(23)8-11-24(27)28)16-19-4-2-3-5-22(19)25/h2-7,9-10,20,23H,8,11-17H2,1H3/t20-,23+/m1/s1. The highest BCUT2D eigenvalue weighted by atomic mass is 35.5. The van der Waals surface area contributed by atoms with Crippen LogP contribution in [0, 0.1) is 5.92 Å². The Hall–Kier alpha value is -2.04. The smallest absolute Gasteiger partial charge is 0.222 e. The first-order valence-corrected chi connectivity index (χ1v) is 10.9. The van der Waals surface area contributed by atoms with Crippen molar-refractivity contribution in [2.45, 2.75) is 38.3 Å². The predicted octanol–water partition coefficient (Wildman–Crippen LogP) is 4.40. The number of piperidine rings is 2. The van der Waals surface area contributed by atoms with Crippen molar-refractivity contribution in [2.24, 2.45) is 5.92 Å². The van der Waals surface area contributed by atoms with Crippen molar-refractivity contribution in [1.82, 2.24) is 9.80 Å². The van der Waals surface area contributed by atoms with E-state index in [9.17, 15) is 4.79 Å². The molecular weight excluding hydrogens is 384 g/mol. The largest absolute Gasteiger partial charge is 0.497 e. The summed E-state index contributed by atoms with van der Waals surface area (Å²) in [6, 6.07) is 16.6. The van der Waals surface area contributed by atoms with Gasteiger partial charge in [-0.15, -0.1) is 0 Å². The Kier molecular flexibility index (Phi) is 6.41. The maximum Gasteiger partial charge on any atom is 0.222 e. The zero-order chi connectivity index (χ0) is 20.2. The molecule has 2 aliphatic heterocycles. The van der Waals surface area contributed by atoms with Crippen LogP contribution in [-0.2, 0) is 17.8 Å². The van der Waals surface area contributed by atoms with Crippen LogP contribution in [0.3, 0.4) is 0 Å². The van der Waals surface area contributed by atoms with Crippen molar-refractivity contribution >= 4 is 17.5 Å². The quantitative estimate of drug-likeness (QED) is 0.704. The van der Waals surface area contributed by atoms with Gasteiger partial charge in [-0.3, -0.25) is 9.69 Å². The van der Waals surface area contributed by atoms with Gasteiger partial charge >= 0.3 is 0 Å². The molecule has 2 aromatic rings. The van der Waals surface area contributed by atoms with E-state index in [1.165, 1.54) is 11.1 Å². The van der Waals surface area contributed by atoms with Gasteiger partial charge in [-0.2, -0.15) is 0 Å². The maximum absolute atomic E-state index is 12.7. The van der Waals surface area contributed by atoms with E-state index in [0.29, 0.717) is 24.3 Å². The number of hydrogen-bond donors (Lipinski definition) is 0. The topological polar surface area (TPSA) is 32.8 Å². The molecule has 0 radical (unpaired) electrons. The summed E-state index contributed by atoms with van der Waals surface area (Å²) in [5, 5.41) is 0.842. The molecule has 1 amide bonds. The van der Waals surface area contributed by atoms with Crippen molar-refractivity contribution in [3.05, 3.63) is 64.7 Å². The Labute approximate surface area is 178 Å². The SMILES string of the molecule is COc1ccc(CCN2C(=O)CC[C@@H]3CN(Cc4ccccc4Cl)CC[C@@H]32)cc1. The van der Waals surface area contributed by atoms with Gasteiger partial charge in [0.1, 0.15) is 5.75 Å². The normalized spacial score (nSPS) is 22.4. The van der Waals surface area contributed by atoms with E-state index in [2.05, 4.69) is 28.0 Å². The first-order valence-electron chi connectivity index (χ1n) is 10.5. The molecular formula is C24H29ClN2O2. The number of fused-ring (bicyclic) bond motifs is 1. The molecule has 4 rings (SSSR count). The van der Waals surface area contributed by atoms with E-state index in [1.54, 1.807) is 7.11 Å². The average Bonchev–Trinajstić information content (AvgIpc) is 2.75. The molecule has 2 heterocycles. The van der Waals surface area contributed by atoms with Crippen LogP contribution in [-0.4, -0.2) is 48.5 Å². The number of nitrogens with zero attached hydrogens (tertiary/aromatic N) is 2. The molecule has 5 heteroatoms. The van der Waals surface area contributed by atoms with Crippen molar-refractivity contribution in [3.63, 3.8) is 0 Å². The Morgan fingerprint density at radius 3 is 2.66 bits per heavy atom. The summed E-state index contributed by atoms with van der Waals surface area (Å²) in [6.07, 6.45) is 3.61. The van der Waals surface area contributed by atoms with Gasteiger partial charge in [0.15, 0.2) is 0 Å². The minimum atomic E-state index is 0.319. The molecule has 2 fully saturated rings. The predicted molar refractivity (Wildman–Crippen MR) is 116 cm³/mol. The number of ether oxygens (including phenoxy) is 1. The van der Waals surface area contributed by atoms with Crippen molar-refractivity contribution in [1.29, 1.82) is 0 Å².